The van der Waals surface area contributed by atoms with Crippen LogP contribution in [0.25, 0.3) is 0 Å². The highest BCUT2D eigenvalue weighted by Crippen LogP contribution is 2.31. The van der Waals surface area contributed by atoms with Crippen molar-refractivity contribution in [1.29, 1.82) is 0 Å². The van der Waals surface area contributed by atoms with Crippen molar-refractivity contribution in [3.63, 3.8) is 0 Å². The van der Waals surface area contributed by atoms with E-state index in [1.54, 1.807) is 0 Å². The van der Waals surface area contributed by atoms with Crippen LogP contribution >= 0.6 is 0 Å². The highest BCUT2D eigenvalue weighted by atomic mass is 16.5. The van der Waals surface area contributed by atoms with Crippen molar-refractivity contribution < 1.29 is 14.3 Å². The lowest BCUT2D eigenvalue weighted by atomic mass is 9.80. The first-order chi connectivity index (χ1) is 6.79. The van der Waals surface area contributed by atoms with Crippen LogP contribution < -0.4 is 0 Å². The highest BCUT2D eigenvalue weighted by Gasteiger charge is 2.31. The summed E-state index contributed by atoms with van der Waals surface area (Å²) in [5.41, 5.74) is 0. The van der Waals surface area contributed by atoms with Crippen molar-refractivity contribution in [1.82, 2.24) is 0 Å². The molecule has 1 saturated carbocycles. The Labute approximate surface area is 85.8 Å². The molecule has 1 aliphatic rings. The molecule has 0 saturated heterocycles. The number of hydrogen-bond acceptors (Lipinski definition) is 3. The van der Waals surface area contributed by atoms with E-state index in [1.165, 1.54) is 13.5 Å². The Hall–Kier alpha value is -0.570. The van der Waals surface area contributed by atoms with Gasteiger partial charge in [0.15, 0.2) is 0 Å². The van der Waals surface area contributed by atoms with Gasteiger partial charge in [0.2, 0.25) is 0 Å². The predicted molar refractivity (Wildman–Crippen MR) is 54.0 cm³/mol. The van der Waals surface area contributed by atoms with Crippen LogP contribution in [0, 0.1) is 11.8 Å². The van der Waals surface area contributed by atoms with E-state index in [0.717, 1.165) is 25.9 Å². The van der Waals surface area contributed by atoms with Crippen LogP contribution in [0.1, 0.15) is 32.6 Å². The van der Waals surface area contributed by atoms with Gasteiger partial charge in [0, 0.05) is 6.61 Å². The summed E-state index contributed by atoms with van der Waals surface area (Å²) in [5.74, 6) is 0.380. The molecule has 82 valence electrons. The van der Waals surface area contributed by atoms with E-state index in [2.05, 4.69) is 0 Å². The third-order valence-corrected chi connectivity index (χ3v) is 2.95. The van der Waals surface area contributed by atoms with Crippen molar-refractivity contribution >= 4 is 5.97 Å². The van der Waals surface area contributed by atoms with Gasteiger partial charge in [0.1, 0.15) is 0 Å². The maximum absolute atomic E-state index is 11.5. The van der Waals surface area contributed by atoms with Gasteiger partial charge in [0.05, 0.1) is 19.6 Å². The number of rotatable bonds is 4. The van der Waals surface area contributed by atoms with E-state index < -0.39 is 0 Å². The summed E-state index contributed by atoms with van der Waals surface area (Å²) in [5, 5.41) is 0. The Morgan fingerprint density at radius 1 is 1.36 bits per heavy atom. The largest absolute Gasteiger partial charge is 0.469 e. The molecule has 0 heterocycles. The van der Waals surface area contributed by atoms with E-state index in [1.807, 2.05) is 6.92 Å². The van der Waals surface area contributed by atoms with Gasteiger partial charge in [0.25, 0.3) is 0 Å². The molecule has 2 atom stereocenters. The first kappa shape index (κ1) is 11.5. The molecule has 0 spiro atoms. The first-order valence-electron chi connectivity index (χ1n) is 5.45. The molecule has 3 heteroatoms. The van der Waals surface area contributed by atoms with Crippen molar-refractivity contribution in [2.45, 2.75) is 32.6 Å². The number of carbonyl (C=O) groups is 1. The SMILES string of the molecule is CCOCC1CCCCC1C(=O)OC. The minimum absolute atomic E-state index is 0.0607. The van der Waals surface area contributed by atoms with Crippen LogP contribution in [0.15, 0.2) is 0 Å². The summed E-state index contributed by atoms with van der Waals surface area (Å²) in [6.45, 7) is 3.41. The molecule has 1 rings (SSSR count). The summed E-state index contributed by atoms with van der Waals surface area (Å²) >= 11 is 0. The second kappa shape index (κ2) is 6.02. The van der Waals surface area contributed by atoms with Crippen molar-refractivity contribution in [3.8, 4) is 0 Å². The molecule has 1 fully saturated rings. The average molecular weight is 200 g/mol. The second-order valence-electron chi connectivity index (χ2n) is 3.83. The molecule has 0 amide bonds. The Bertz CT molecular complexity index is 179. The fourth-order valence-electron chi connectivity index (χ4n) is 2.14. The van der Waals surface area contributed by atoms with Gasteiger partial charge in [-0.1, -0.05) is 12.8 Å². The summed E-state index contributed by atoms with van der Waals surface area (Å²) in [6, 6.07) is 0. The van der Waals surface area contributed by atoms with Gasteiger partial charge < -0.3 is 9.47 Å². The van der Waals surface area contributed by atoms with Gasteiger partial charge >= 0.3 is 5.97 Å². The second-order valence-corrected chi connectivity index (χ2v) is 3.83. The fourth-order valence-corrected chi connectivity index (χ4v) is 2.14. The van der Waals surface area contributed by atoms with E-state index in [-0.39, 0.29) is 11.9 Å². The topological polar surface area (TPSA) is 35.5 Å². The van der Waals surface area contributed by atoms with Crippen molar-refractivity contribution in [3.05, 3.63) is 0 Å². The number of methoxy groups -OCH3 is 1. The summed E-state index contributed by atoms with van der Waals surface area (Å²) in [7, 11) is 1.47. The third kappa shape index (κ3) is 2.98. The molecule has 0 aromatic heterocycles. The predicted octanol–water partition coefficient (Wildman–Crippen LogP) is 2.00. The Kier molecular flexibility index (Phi) is 4.94. The lowest BCUT2D eigenvalue weighted by Gasteiger charge is -2.29. The van der Waals surface area contributed by atoms with Crippen LogP contribution in [-0.4, -0.2) is 26.3 Å². The molecule has 0 aliphatic heterocycles. The number of carbonyl (C=O) groups excluding carboxylic acids is 1. The molecule has 0 radical (unpaired) electrons. The van der Waals surface area contributed by atoms with Gasteiger partial charge in [-0.15, -0.1) is 0 Å². The molecule has 14 heavy (non-hydrogen) atoms. The zero-order valence-electron chi connectivity index (χ0n) is 9.12. The quantitative estimate of drug-likeness (QED) is 0.651. The minimum atomic E-state index is -0.0607. The number of esters is 1. The highest BCUT2D eigenvalue weighted by molar-refractivity contribution is 5.72. The molecular weight excluding hydrogens is 180 g/mol. The normalized spacial score (nSPS) is 27.3. The fraction of sp³-hybridized carbons (Fsp3) is 0.909. The molecule has 0 bridgehead atoms. The van der Waals surface area contributed by atoms with Gasteiger partial charge in [-0.2, -0.15) is 0 Å². The third-order valence-electron chi connectivity index (χ3n) is 2.95. The Morgan fingerprint density at radius 2 is 2.07 bits per heavy atom. The zero-order chi connectivity index (χ0) is 10.4. The molecule has 0 aromatic rings. The lowest BCUT2D eigenvalue weighted by Crippen LogP contribution is -2.31. The van der Waals surface area contributed by atoms with Crippen molar-refractivity contribution in [2.24, 2.45) is 11.8 Å². The smallest absolute Gasteiger partial charge is 0.309 e. The van der Waals surface area contributed by atoms with Crippen LogP contribution in [0.2, 0.25) is 0 Å². The van der Waals surface area contributed by atoms with Crippen LogP contribution in [0.4, 0.5) is 0 Å². The zero-order valence-corrected chi connectivity index (χ0v) is 9.12. The number of ether oxygens (including phenoxy) is 2. The van der Waals surface area contributed by atoms with Crippen molar-refractivity contribution in [2.75, 3.05) is 20.3 Å². The lowest BCUT2D eigenvalue weighted by molar-refractivity contribution is -0.149. The van der Waals surface area contributed by atoms with E-state index in [0.29, 0.717) is 12.5 Å². The molecule has 2 unspecified atom stereocenters. The Morgan fingerprint density at radius 3 is 2.71 bits per heavy atom. The van der Waals surface area contributed by atoms with E-state index >= 15 is 0 Å². The molecule has 0 N–H and O–H groups in total. The summed E-state index contributed by atoms with van der Waals surface area (Å²) < 4.78 is 10.2. The summed E-state index contributed by atoms with van der Waals surface area (Å²) in [6.07, 6.45) is 4.41. The molecule has 3 nitrogen and oxygen atoms in total. The van der Waals surface area contributed by atoms with Crippen LogP contribution in [-0.2, 0) is 14.3 Å². The Balaban J connectivity index is 2.45. The molecular formula is C11H20O3. The monoisotopic (exact) mass is 200 g/mol. The van der Waals surface area contributed by atoms with Gasteiger partial charge in [-0.25, -0.2) is 0 Å². The van der Waals surface area contributed by atoms with Crippen LogP contribution in [0.5, 0.6) is 0 Å². The first-order valence-corrected chi connectivity index (χ1v) is 5.45. The average Bonchev–Trinajstić information content (AvgIpc) is 2.25. The minimum Gasteiger partial charge on any atom is -0.469 e. The van der Waals surface area contributed by atoms with Gasteiger partial charge in [-0.05, 0) is 25.7 Å². The maximum atomic E-state index is 11.5. The standard InChI is InChI=1S/C11H20O3/c1-3-14-8-9-6-4-5-7-10(9)11(12)13-2/h9-10H,3-8H2,1-2H3. The van der Waals surface area contributed by atoms with Crippen LogP contribution in [0.3, 0.4) is 0 Å². The number of hydrogen-bond donors (Lipinski definition) is 0. The molecule has 1 aliphatic carbocycles. The molecule has 0 aromatic carbocycles. The van der Waals surface area contributed by atoms with E-state index in [9.17, 15) is 4.79 Å². The van der Waals surface area contributed by atoms with E-state index in [4.69, 9.17) is 9.47 Å². The van der Waals surface area contributed by atoms with Gasteiger partial charge in [-0.3, -0.25) is 4.79 Å². The summed E-state index contributed by atoms with van der Waals surface area (Å²) in [4.78, 5) is 11.5. The maximum Gasteiger partial charge on any atom is 0.309 e.